The third-order valence-corrected chi connectivity index (χ3v) is 5.80. The van der Waals surface area contributed by atoms with Gasteiger partial charge in [-0.1, -0.05) is 36.5 Å². The average Bonchev–Trinajstić information content (AvgIpc) is 2.87. The van der Waals surface area contributed by atoms with Gasteiger partial charge < -0.3 is 0 Å². The molecule has 0 fully saturated rings. The van der Waals surface area contributed by atoms with E-state index in [-0.39, 0.29) is 22.3 Å². The number of hydrogen-bond donors (Lipinski definition) is 0. The molecule has 0 radical (unpaired) electrons. The summed E-state index contributed by atoms with van der Waals surface area (Å²) in [7, 11) is 0. The minimum atomic E-state index is -0.738. The van der Waals surface area contributed by atoms with Crippen molar-refractivity contribution in [3.8, 4) is 46.4 Å². The molecule has 0 unspecified atom stereocenters. The number of aryl methyl sites for hydroxylation is 1. The van der Waals surface area contributed by atoms with Crippen LogP contribution in [0.3, 0.4) is 0 Å². The van der Waals surface area contributed by atoms with Crippen molar-refractivity contribution in [3.63, 3.8) is 0 Å². The van der Waals surface area contributed by atoms with E-state index in [2.05, 4.69) is 17.8 Å². The Labute approximate surface area is 230 Å². The van der Waals surface area contributed by atoms with Gasteiger partial charge in [-0.25, -0.2) is 26.3 Å². The second-order valence-electron chi connectivity index (χ2n) is 9.06. The van der Waals surface area contributed by atoms with Crippen LogP contribution >= 0.6 is 0 Å². The number of halogens is 6. The summed E-state index contributed by atoms with van der Waals surface area (Å²) in [5, 5.41) is 0. The normalized spacial score (nSPS) is 10.2. The highest BCUT2D eigenvalue weighted by Crippen LogP contribution is 2.26. The predicted molar refractivity (Wildman–Crippen MR) is 147 cm³/mol. The third-order valence-electron chi connectivity index (χ3n) is 5.80. The highest BCUT2D eigenvalue weighted by molar-refractivity contribution is 5.66. The molecule has 0 aliphatic heterocycles. The molecule has 0 saturated heterocycles. The van der Waals surface area contributed by atoms with Crippen molar-refractivity contribution in [3.05, 3.63) is 119 Å². The monoisotopic (exact) mass is 548 g/mol. The van der Waals surface area contributed by atoms with E-state index < -0.39 is 34.9 Å². The highest BCUT2D eigenvalue weighted by atomic mass is 19.2. The first kappa shape index (κ1) is 30.1. The quantitative estimate of drug-likeness (QED) is 0.128. The van der Waals surface area contributed by atoms with E-state index in [1.807, 2.05) is 0 Å². The van der Waals surface area contributed by atoms with Gasteiger partial charge in [0, 0.05) is 41.7 Å². The maximum Gasteiger partial charge on any atom is 0.132 e. The second kappa shape index (κ2) is 14.7. The predicted octanol–water partition coefficient (Wildman–Crippen LogP) is 9.79. The number of benzene rings is 4. The molecule has 0 nitrogen and oxygen atoms in total. The van der Waals surface area contributed by atoms with Crippen LogP contribution in [0.2, 0.25) is 0 Å². The fourth-order valence-corrected chi connectivity index (χ4v) is 3.88. The largest absolute Gasteiger partial charge is 0.207 e. The van der Waals surface area contributed by atoms with Crippen molar-refractivity contribution >= 4 is 0 Å². The van der Waals surface area contributed by atoms with Crippen LogP contribution in [0.15, 0.2) is 72.8 Å². The van der Waals surface area contributed by atoms with Crippen LogP contribution < -0.4 is 0 Å². The summed E-state index contributed by atoms with van der Waals surface area (Å²) in [6.45, 7) is 1.75. The summed E-state index contributed by atoms with van der Waals surface area (Å²) in [6, 6.07) is 14.9. The van der Waals surface area contributed by atoms with Gasteiger partial charge in [-0.15, -0.1) is 12.3 Å². The Bertz CT molecular complexity index is 1530. The summed E-state index contributed by atoms with van der Waals surface area (Å²) in [5.41, 5.74) is 2.01. The standard InChI is InChI=1S/C21H17F3.C13H9F3/c1-2-3-4-5-6-7-8-9-16-10-11-20(21(24)12-16)17-13-18(22)15-19(23)14-17;1-8-2-3-12(13(16)4-8)9-5-10(14)7-11(15)6-9/h1,10-15H,3-7H2;2-7H,1H3. The molecule has 40 heavy (non-hydrogen) atoms. The maximum absolute atomic E-state index is 14.2. The van der Waals surface area contributed by atoms with Gasteiger partial charge in [0.15, 0.2) is 0 Å². The zero-order valence-electron chi connectivity index (χ0n) is 21.8. The summed E-state index contributed by atoms with van der Waals surface area (Å²) in [4.78, 5) is 0. The molecule has 0 atom stereocenters. The molecule has 6 heteroatoms. The Morgan fingerprint density at radius 3 is 1.57 bits per heavy atom. The summed E-state index contributed by atoms with van der Waals surface area (Å²) in [6.07, 6.45) is 9.65. The van der Waals surface area contributed by atoms with Gasteiger partial charge in [-0.2, -0.15) is 0 Å². The van der Waals surface area contributed by atoms with Gasteiger partial charge in [0.2, 0.25) is 0 Å². The van der Waals surface area contributed by atoms with Crippen LogP contribution in [-0.2, 0) is 0 Å². The van der Waals surface area contributed by atoms with E-state index >= 15 is 0 Å². The van der Waals surface area contributed by atoms with Gasteiger partial charge >= 0.3 is 0 Å². The lowest BCUT2D eigenvalue weighted by atomic mass is 10.0. The van der Waals surface area contributed by atoms with Crippen LogP contribution in [0.25, 0.3) is 22.3 Å². The Morgan fingerprint density at radius 2 is 1.07 bits per heavy atom. The topological polar surface area (TPSA) is 0 Å². The zero-order valence-corrected chi connectivity index (χ0v) is 21.8. The van der Waals surface area contributed by atoms with E-state index in [9.17, 15) is 26.3 Å². The molecule has 0 aliphatic carbocycles. The molecule has 4 rings (SSSR count). The van der Waals surface area contributed by atoms with Crippen molar-refractivity contribution in [2.45, 2.75) is 39.0 Å². The number of terminal acetylenes is 1. The molecule has 0 heterocycles. The van der Waals surface area contributed by atoms with Crippen molar-refractivity contribution in [1.82, 2.24) is 0 Å². The fraction of sp³-hybridized carbons (Fsp3) is 0.176. The van der Waals surface area contributed by atoms with Crippen LogP contribution in [0.4, 0.5) is 26.3 Å². The molecule has 0 aromatic heterocycles. The van der Waals surface area contributed by atoms with E-state index in [1.54, 1.807) is 19.1 Å². The summed E-state index contributed by atoms with van der Waals surface area (Å²) in [5.74, 6) is 4.55. The lowest BCUT2D eigenvalue weighted by Crippen LogP contribution is -1.89. The molecular weight excluding hydrogens is 522 g/mol. The van der Waals surface area contributed by atoms with Crippen LogP contribution in [0.5, 0.6) is 0 Å². The van der Waals surface area contributed by atoms with Crippen molar-refractivity contribution in [2.75, 3.05) is 0 Å². The van der Waals surface area contributed by atoms with Crippen LogP contribution in [0, 0.1) is 66.0 Å². The Hall–Kier alpha value is -4.42. The molecule has 4 aromatic carbocycles. The first-order chi connectivity index (χ1) is 19.2. The molecule has 0 aliphatic rings. The molecule has 0 spiro atoms. The first-order valence-electron chi connectivity index (χ1n) is 12.6. The highest BCUT2D eigenvalue weighted by Gasteiger charge is 2.09. The number of hydrogen-bond acceptors (Lipinski definition) is 0. The zero-order chi connectivity index (χ0) is 29.1. The Kier molecular flexibility index (Phi) is 11.0. The number of rotatable bonds is 6. The van der Waals surface area contributed by atoms with Gasteiger partial charge in [0.25, 0.3) is 0 Å². The van der Waals surface area contributed by atoms with E-state index in [1.165, 1.54) is 24.3 Å². The molecule has 0 N–H and O–H groups in total. The molecule has 0 amide bonds. The van der Waals surface area contributed by atoms with Crippen molar-refractivity contribution in [1.29, 1.82) is 0 Å². The fourth-order valence-electron chi connectivity index (χ4n) is 3.88. The lowest BCUT2D eigenvalue weighted by molar-refractivity contribution is 0.582. The van der Waals surface area contributed by atoms with Crippen LogP contribution in [0.1, 0.15) is 43.2 Å². The van der Waals surface area contributed by atoms with Gasteiger partial charge in [-0.05, 0) is 78.9 Å². The smallest absolute Gasteiger partial charge is 0.132 e. The first-order valence-corrected chi connectivity index (χ1v) is 12.6. The molecule has 0 bridgehead atoms. The molecule has 0 saturated carbocycles. The Balaban J connectivity index is 0.000000238. The minimum absolute atomic E-state index is 0.147. The molecule has 204 valence electrons. The SMILES string of the molecule is C#CCCCCCC#Cc1ccc(-c2cc(F)cc(F)c2)c(F)c1.Cc1ccc(-c2cc(F)cc(F)c2)c(F)c1. The number of unbranched alkanes of at least 4 members (excludes halogenated alkanes) is 4. The Morgan fingerprint density at radius 1 is 0.575 bits per heavy atom. The van der Waals surface area contributed by atoms with Gasteiger partial charge in [0.05, 0.1) is 0 Å². The average molecular weight is 549 g/mol. The summed E-state index contributed by atoms with van der Waals surface area (Å²) < 4.78 is 80.2. The van der Waals surface area contributed by atoms with E-state index in [4.69, 9.17) is 6.42 Å². The molecule has 4 aromatic rings. The van der Waals surface area contributed by atoms with E-state index in [0.717, 1.165) is 74.1 Å². The minimum Gasteiger partial charge on any atom is -0.207 e. The lowest BCUT2D eigenvalue weighted by Gasteiger charge is -2.05. The van der Waals surface area contributed by atoms with Crippen molar-refractivity contribution in [2.24, 2.45) is 0 Å². The molecular formula is C34H26F6. The van der Waals surface area contributed by atoms with E-state index in [0.29, 0.717) is 5.56 Å². The maximum atomic E-state index is 14.2. The van der Waals surface area contributed by atoms with Crippen molar-refractivity contribution < 1.29 is 26.3 Å². The summed E-state index contributed by atoms with van der Waals surface area (Å²) >= 11 is 0. The second-order valence-corrected chi connectivity index (χ2v) is 9.06. The van der Waals surface area contributed by atoms with Crippen LogP contribution in [-0.4, -0.2) is 0 Å². The third kappa shape index (κ3) is 9.10. The van der Waals surface area contributed by atoms with Gasteiger partial charge in [-0.3, -0.25) is 0 Å². The van der Waals surface area contributed by atoms with Gasteiger partial charge in [0.1, 0.15) is 34.9 Å².